The molecule has 268 valence electrons. The lowest BCUT2D eigenvalue weighted by molar-refractivity contribution is 0.0120. The van der Waals surface area contributed by atoms with E-state index in [9.17, 15) is 4.79 Å². The van der Waals surface area contributed by atoms with Gasteiger partial charge in [-0.15, -0.1) is 0 Å². The lowest BCUT2D eigenvalue weighted by Crippen LogP contribution is -2.52. The van der Waals surface area contributed by atoms with Gasteiger partial charge in [-0.25, -0.2) is 14.8 Å². The van der Waals surface area contributed by atoms with Gasteiger partial charge in [-0.2, -0.15) is 0 Å². The van der Waals surface area contributed by atoms with Crippen molar-refractivity contribution in [2.24, 2.45) is 5.92 Å². The summed E-state index contributed by atoms with van der Waals surface area (Å²) in [5, 5.41) is 4.76. The molecule has 0 radical (unpaired) electrons. The molecule has 0 bridgehead atoms. The molecule has 8 nitrogen and oxygen atoms in total. The summed E-state index contributed by atoms with van der Waals surface area (Å²) in [4.78, 5) is 25.0. The third kappa shape index (κ3) is 7.60. The second-order valence-corrected chi connectivity index (χ2v) is 21.2. The largest absolute Gasteiger partial charge is 0.444 e. The number of piperidine rings is 1. The van der Waals surface area contributed by atoms with Crippen molar-refractivity contribution >= 4 is 31.3 Å². The number of hydrogen-bond acceptors (Lipinski definition) is 6. The van der Waals surface area contributed by atoms with Crippen molar-refractivity contribution in [3.05, 3.63) is 126 Å². The van der Waals surface area contributed by atoms with Crippen LogP contribution in [-0.4, -0.2) is 65.2 Å². The molecule has 5 aromatic rings. The monoisotopic (exact) mass is 703 g/mol. The van der Waals surface area contributed by atoms with Crippen LogP contribution in [0.5, 0.6) is 0 Å². The van der Waals surface area contributed by atoms with E-state index in [1.54, 1.807) is 6.33 Å². The van der Waals surface area contributed by atoms with Gasteiger partial charge in [0.1, 0.15) is 28.9 Å². The van der Waals surface area contributed by atoms with Crippen LogP contribution in [0.3, 0.4) is 0 Å². The summed E-state index contributed by atoms with van der Waals surface area (Å²) in [6.07, 6.45) is 4.30. The molecule has 1 saturated heterocycles. The molecule has 1 N–H and O–H groups in total. The summed E-state index contributed by atoms with van der Waals surface area (Å²) in [5.74, 6) is 0.878. The highest BCUT2D eigenvalue weighted by Gasteiger charge is 2.41. The first kappa shape index (κ1) is 36.3. The highest BCUT2D eigenvalue weighted by Crippen LogP contribution is 2.43. The van der Waals surface area contributed by atoms with Crippen molar-refractivity contribution in [2.75, 3.05) is 25.0 Å². The molecule has 0 unspecified atom stereocenters. The van der Waals surface area contributed by atoms with Crippen LogP contribution >= 0.6 is 0 Å². The maximum atomic E-state index is 13.5. The first-order valence-corrected chi connectivity index (χ1v) is 21.0. The zero-order valence-electron chi connectivity index (χ0n) is 31.4. The van der Waals surface area contributed by atoms with E-state index in [0.717, 1.165) is 40.0 Å². The lowest BCUT2D eigenvalue weighted by Gasteiger charge is -2.41. The molecule has 0 aliphatic carbocycles. The zero-order valence-corrected chi connectivity index (χ0v) is 32.4. The number of likely N-dealkylation sites (tertiary alicyclic amines) is 1. The summed E-state index contributed by atoms with van der Waals surface area (Å²) >= 11 is 0. The quantitative estimate of drug-likeness (QED) is 0.122. The van der Waals surface area contributed by atoms with Crippen LogP contribution in [0, 0.1) is 5.92 Å². The summed E-state index contributed by atoms with van der Waals surface area (Å²) in [5.41, 5.74) is 2.88. The number of amides is 1. The summed E-state index contributed by atoms with van der Waals surface area (Å²) in [6.45, 7) is 18.7. The normalized spacial score (nSPS) is 17.4. The number of carbonyl (C=O) groups excluding carboxylic acids is 1. The van der Waals surface area contributed by atoms with E-state index in [0.29, 0.717) is 19.7 Å². The molecule has 0 saturated carbocycles. The van der Waals surface area contributed by atoms with E-state index in [-0.39, 0.29) is 23.1 Å². The van der Waals surface area contributed by atoms with Gasteiger partial charge >= 0.3 is 6.09 Å². The molecule has 2 atom stereocenters. The summed E-state index contributed by atoms with van der Waals surface area (Å²) in [7, 11) is -1.99. The first-order chi connectivity index (χ1) is 24.2. The number of nitrogens with one attached hydrogen (secondary N) is 1. The van der Waals surface area contributed by atoms with E-state index in [1.807, 2.05) is 25.7 Å². The maximum absolute atomic E-state index is 13.5. The Kier molecular flexibility index (Phi) is 10.2. The third-order valence-electron chi connectivity index (χ3n) is 10.4. The lowest BCUT2D eigenvalue weighted by atomic mass is 9.76. The number of anilines is 1. The van der Waals surface area contributed by atoms with Gasteiger partial charge in [0.05, 0.1) is 5.39 Å². The number of fused-ring (bicyclic) bond motifs is 1. The van der Waals surface area contributed by atoms with Gasteiger partial charge in [-0.3, -0.25) is 0 Å². The van der Waals surface area contributed by atoms with Crippen molar-refractivity contribution in [3.8, 4) is 0 Å². The molecule has 3 aromatic carbocycles. The van der Waals surface area contributed by atoms with E-state index in [1.165, 1.54) is 0 Å². The van der Waals surface area contributed by atoms with Crippen LogP contribution in [0.15, 0.2) is 110 Å². The van der Waals surface area contributed by atoms with Gasteiger partial charge in [-0.05, 0) is 68.1 Å². The van der Waals surface area contributed by atoms with Crippen molar-refractivity contribution in [2.45, 2.75) is 83.3 Å². The maximum Gasteiger partial charge on any atom is 0.410 e. The molecule has 51 heavy (non-hydrogen) atoms. The topological polar surface area (TPSA) is 81.5 Å². The van der Waals surface area contributed by atoms with Crippen molar-refractivity contribution in [3.63, 3.8) is 0 Å². The Morgan fingerprint density at radius 1 is 0.804 bits per heavy atom. The zero-order chi connectivity index (χ0) is 36.4. The van der Waals surface area contributed by atoms with E-state index >= 15 is 0 Å². The minimum Gasteiger partial charge on any atom is -0.444 e. The van der Waals surface area contributed by atoms with Gasteiger partial charge in [-0.1, -0.05) is 112 Å². The third-order valence-corrected chi connectivity index (χ3v) is 14.9. The van der Waals surface area contributed by atoms with Crippen molar-refractivity contribution in [1.82, 2.24) is 19.4 Å². The molecule has 1 aliphatic heterocycles. The number of hydrogen-bond donors (Lipinski definition) is 1. The first-order valence-electron chi connectivity index (χ1n) is 18.1. The number of rotatable bonds is 9. The van der Waals surface area contributed by atoms with Crippen molar-refractivity contribution in [1.29, 1.82) is 0 Å². The highest BCUT2D eigenvalue weighted by molar-refractivity contribution is 6.74. The standard InChI is InChI=1S/C42H53N5O3Si/c1-40(2,3)50-39(48)46-27-31(29-49-51(7,8)41(4,5)6)26-35(28-46)45-37-36-24-25-47(38(36)44-30-43-37)42(32-18-12-9-13-19-32,33-20-14-10-15-21-33)34-22-16-11-17-23-34/h9-25,30-31,35H,26-29H2,1-8H3,(H,43,44,45)/t31-,35+/m1/s1. The summed E-state index contributed by atoms with van der Waals surface area (Å²) in [6, 6.07) is 33.9. The van der Waals surface area contributed by atoms with E-state index in [2.05, 4.69) is 147 Å². The number of carbonyl (C=O) groups is 1. The van der Waals surface area contributed by atoms with Gasteiger partial charge < -0.3 is 23.9 Å². The molecular weight excluding hydrogens is 651 g/mol. The fourth-order valence-corrected chi connectivity index (χ4v) is 8.02. The van der Waals surface area contributed by atoms with Crippen LogP contribution in [0.1, 0.15) is 64.7 Å². The molecule has 1 fully saturated rings. The van der Waals surface area contributed by atoms with Crippen LogP contribution in [0.4, 0.5) is 10.6 Å². The second kappa shape index (κ2) is 14.3. The Hall–Kier alpha value is -4.47. The van der Waals surface area contributed by atoms with Gasteiger partial charge in [0, 0.05) is 37.9 Å². The molecule has 1 amide bonds. The van der Waals surface area contributed by atoms with E-state index in [4.69, 9.17) is 19.1 Å². The second-order valence-electron chi connectivity index (χ2n) is 16.4. The Morgan fingerprint density at radius 2 is 1.35 bits per heavy atom. The number of nitrogens with zero attached hydrogens (tertiary/aromatic N) is 4. The molecule has 3 heterocycles. The Morgan fingerprint density at radius 3 is 1.86 bits per heavy atom. The van der Waals surface area contributed by atoms with Gasteiger partial charge in [0.15, 0.2) is 8.32 Å². The molecule has 1 aliphatic rings. The molecule has 2 aromatic heterocycles. The van der Waals surface area contributed by atoms with Crippen LogP contribution in [0.25, 0.3) is 11.0 Å². The van der Waals surface area contributed by atoms with Crippen LogP contribution < -0.4 is 5.32 Å². The smallest absolute Gasteiger partial charge is 0.410 e. The fraction of sp³-hybridized carbons (Fsp3) is 0.405. The van der Waals surface area contributed by atoms with Crippen LogP contribution in [0.2, 0.25) is 18.1 Å². The average molecular weight is 704 g/mol. The fourth-order valence-electron chi connectivity index (χ4n) is 6.93. The SMILES string of the molecule is CC(C)(C)OC(=O)N1C[C@H](CO[Si](C)(C)C(C)(C)C)C[C@H](Nc2ncnc3c2ccn3C(c2ccccc2)(c2ccccc2)c2ccccc2)C1. The molecule has 0 spiro atoms. The minimum absolute atomic E-state index is 0.0668. The minimum atomic E-state index is -1.99. The Balaban J connectivity index is 1.40. The molecule has 6 rings (SSSR count). The van der Waals surface area contributed by atoms with Gasteiger partial charge in [0.25, 0.3) is 0 Å². The average Bonchev–Trinajstić information content (AvgIpc) is 3.53. The molecule has 9 heteroatoms. The molecular formula is C42H53N5O3Si. The Bertz CT molecular complexity index is 1820. The van der Waals surface area contributed by atoms with E-state index < -0.39 is 19.5 Å². The number of ether oxygens (including phenoxy) is 1. The number of aromatic nitrogens is 3. The summed E-state index contributed by atoms with van der Waals surface area (Å²) < 4.78 is 14.8. The number of benzene rings is 3. The van der Waals surface area contributed by atoms with Crippen LogP contribution in [-0.2, 0) is 14.7 Å². The predicted molar refractivity (Wildman–Crippen MR) is 209 cm³/mol. The predicted octanol–water partition coefficient (Wildman–Crippen LogP) is 9.33. The van der Waals surface area contributed by atoms with Gasteiger partial charge in [0.2, 0.25) is 0 Å². The highest BCUT2D eigenvalue weighted by atomic mass is 28.4. The van der Waals surface area contributed by atoms with Crippen molar-refractivity contribution < 1.29 is 14.0 Å². The Labute approximate surface area is 304 Å².